The van der Waals surface area contributed by atoms with Gasteiger partial charge in [0.2, 0.25) is 0 Å². The number of fused-ring (bicyclic) bond motifs is 2. The average molecular weight is 577 g/mol. The van der Waals surface area contributed by atoms with Crippen LogP contribution < -0.4 is 4.90 Å². The van der Waals surface area contributed by atoms with Gasteiger partial charge in [0.15, 0.2) is 0 Å². The van der Waals surface area contributed by atoms with Crippen molar-refractivity contribution >= 4 is 62.8 Å². The van der Waals surface area contributed by atoms with E-state index >= 15 is 0 Å². The van der Waals surface area contributed by atoms with E-state index < -0.39 is 29.0 Å². The Kier molecular flexibility index (Phi) is 6.55. The number of carbonyl (C=O) groups is 2. The molecule has 2 aromatic carbocycles. The highest BCUT2D eigenvalue weighted by molar-refractivity contribution is 9.11. The molecular weight excluding hydrogens is 558 g/mol. The van der Waals surface area contributed by atoms with Crippen LogP contribution in [0.2, 0.25) is 10.0 Å². The highest BCUT2D eigenvalue weighted by atomic mass is 79.9. The van der Waals surface area contributed by atoms with E-state index in [9.17, 15) is 22.8 Å². The third kappa shape index (κ3) is 4.03. The second-order valence-electron chi connectivity index (χ2n) is 8.45. The zero-order valence-corrected chi connectivity index (χ0v) is 21.0. The molecule has 1 fully saturated rings. The lowest BCUT2D eigenvalue weighted by atomic mass is 9.64. The van der Waals surface area contributed by atoms with E-state index in [1.807, 2.05) is 18.2 Å². The van der Waals surface area contributed by atoms with Gasteiger partial charge in [-0.25, -0.2) is 4.79 Å². The van der Waals surface area contributed by atoms with E-state index in [4.69, 9.17) is 27.9 Å². The van der Waals surface area contributed by atoms with Crippen molar-refractivity contribution in [3.8, 4) is 0 Å². The number of ether oxygens (including phenoxy) is 1. The number of hydrogen-bond donors (Lipinski definition) is 0. The van der Waals surface area contributed by atoms with Crippen LogP contribution >= 0.6 is 39.1 Å². The zero-order valence-electron chi connectivity index (χ0n) is 17.9. The molecule has 0 saturated heterocycles. The van der Waals surface area contributed by atoms with Gasteiger partial charge in [0.1, 0.15) is 5.54 Å². The van der Waals surface area contributed by atoms with Crippen molar-refractivity contribution in [2.45, 2.75) is 42.8 Å². The van der Waals surface area contributed by atoms with Crippen LogP contribution in [0.25, 0.3) is 6.08 Å². The van der Waals surface area contributed by atoms with Crippen LogP contribution in [0.1, 0.15) is 36.8 Å². The largest absolute Gasteiger partial charge is 0.471 e. The second-order valence-corrected chi connectivity index (χ2v) is 10.2. The molecule has 4 rings (SSSR count). The minimum atomic E-state index is -5.21. The summed E-state index contributed by atoms with van der Waals surface area (Å²) in [7, 11) is 1.10. The van der Waals surface area contributed by atoms with Gasteiger partial charge in [0.05, 0.1) is 7.11 Å². The summed E-state index contributed by atoms with van der Waals surface area (Å²) in [6, 6.07) is 10.9. The summed E-state index contributed by atoms with van der Waals surface area (Å²) in [4.78, 5) is 26.4. The first kappa shape index (κ1) is 25.1. The van der Waals surface area contributed by atoms with E-state index in [0.29, 0.717) is 22.8 Å². The number of hydrogen-bond acceptors (Lipinski definition) is 3. The number of anilines is 1. The van der Waals surface area contributed by atoms with E-state index in [1.54, 1.807) is 6.07 Å². The minimum Gasteiger partial charge on any atom is -0.467 e. The van der Waals surface area contributed by atoms with E-state index in [2.05, 4.69) is 15.9 Å². The summed E-state index contributed by atoms with van der Waals surface area (Å²) >= 11 is 15.8. The van der Waals surface area contributed by atoms with Crippen LogP contribution in [0.4, 0.5) is 18.9 Å². The van der Waals surface area contributed by atoms with Gasteiger partial charge in [-0.3, -0.25) is 9.69 Å². The first-order chi connectivity index (χ1) is 15.9. The molecule has 2 aliphatic carbocycles. The number of esters is 1. The van der Waals surface area contributed by atoms with Crippen molar-refractivity contribution < 1.29 is 27.5 Å². The average Bonchev–Trinajstić information content (AvgIpc) is 3.04. The Hall–Kier alpha value is -2.03. The van der Waals surface area contributed by atoms with Crippen molar-refractivity contribution in [1.82, 2.24) is 0 Å². The zero-order chi connectivity index (χ0) is 24.9. The fourth-order valence-electron chi connectivity index (χ4n) is 5.10. The Labute approximate surface area is 212 Å². The number of amides is 1. The second kappa shape index (κ2) is 8.88. The van der Waals surface area contributed by atoms with Crippen molar-refractivity contribution in [1.29, 1.82) is 0 Å². The fraction of sp³-hybridized carbons (Fsp3) is 0.333. The summed E-state index contributed by atoms with van der Waals surface area (Å²) in [5.74, 6) is -3.06. The number of allylic oxidation sites excluding steroid dienone is 1. The van der Waals surface area contributed by atoms with Crippen LogP contribution in [-0.2, 0) is 19.7 Å². The Morgan fingerprint density at radius 2 is 1.68 bits per heavy atom. The predicted molar refractivity (Wildman–Crippen MR) is 128 cm³/mol. The molecule has 4 nitrogen and oxygen atoms in total. The summed E-state index contributed by atoms with van der Waals surface area (Å²) in [6.07, 6.45) is -2.79. The SMILES string of the molecule is COC(=O)C1(N(C(=O)C(F)(F)F)c2cccc(Cl)c2)CCC2(CC1)C(Br)=Cc1cc(Cl)ccc12. The molecule has 0 atom stereocenters. The van der Waals surface area contributed by atoms with Crippen molar-refractivity contribution in [2.75, 3.05) is 12.0 Å². The van der Waals surface area contributed by atoms with E-state index in [-0.39, 0.29) is 23.6 Å². The molecule has 1 amide bonds. The quantitative estimate of drug-likeness (QED) is 0.367. The molecule has 1 spiro atoms. The Bertz CT molecular complexity index is 1190. The number of benzene rings is 2. The molecule has 2 aromatic rings. The molecule has 1 saturated carbocycles. The number of carbonyl (C=O) groups excluding carboxylic acids is 2. The highest BCUT2D eigenvalue weighted by Gasteiger charge is 2.59. The smallest absolute Gasteiger partial charge is 0.467 e. The molecule has 0 bridgehead atoms. The normalized spacial score (nSPS) is 23.9. The van der Waals surface area contributed by atoms with Gasteiger partial charge in [-0.15, -0.1) is 0 Å². The number of rotatable bonds is 3. The molecule has 0 aliphatic heterocycles. The minimum absolute atomic E-state index is 0.0565. The molecule has 10 heteroatoms. The topological polar surface area (TPSA) is 46.6 Å². The van der Waals surface area contributed by atoms with Crippen molar-refractivity contribution in [3.05, 3.63) is 68.1 Å². The maximum Gasteiger partial charge on any atom is 0.471 e. The molecule has 180 valence electrons. The van der Waals surface area contributed by atoms with E-state index in [0.717, 1.165) is 22.7 Å². The van der Waals surface area contributed by atoms with Gasteiger partial charge in [0.25, 0.3) is 0 Å². The molecule has 0 unspecified atom stereocenters. The Morgan fingerprint density at radius 3 is 2.26 bits per heavy atom. The van der Waals surface area contributed by atoms with Gasteiger partial charge < -0.3 is 4.74 Å². The fourth-order valence-corrected chi connectivity index (χ4v) is 6.32. The lowest BCUT2D eigenvalue weighted by molar-refractivity contribution is -0.174. The molecule has 0 aromatic heterocycles. The summed E-state index contributed by atoms with van der Waals surface area (Å²) in [6.45, 7) is 0. The number of halogens is 6. The third-order valence-electron chi connectivity index (χ3n) is 6.70. The molecule has 0 N–H and O–H groups in total. The monoisotopic (exact) mass is 575 g/mol. The van der Waals surface area contributed by atoms with Gasteiger partial charge in [0, 0.05) is 25.6 Å². The van der Waals surface area contributed by atoms with Gasteiger partial charge >= 0.3 is 18.1 Å². The molecule has 2 aliphatic rings. The lowest BCUT2D eigenvalue weighted by Gasteiger charge is -2.49. The predicted octanol–water partition coefficient (Wildman–Crippen LogP) is 7.06. The maximum absolute atomic E-state index is 13.8. The van der Waals surface area contributed by atoms with Crippen LogP contribution in [0.3, 0.4) is 0 Å². The van der Waals surface area contributed by atoms with Crippen LogP contribution in [0, 0.1) is 0 Å². The molecule has 34 heavy (non-hydrogen) atoms. The van der Waals surface area contributed by atoms with Crippen LogP contribution in [-0.4, -0.2) is 30.7 Å². The Morgan fingerprint density at radius 1 is 1.03 bits per heavy atom. The summed E-state index contributed by atoms with van der Waals surface area (Å²) in [5.41, 5.74) is -0.649. The maximum atomic E-state index is 13.8. The number of methoxy groups -OCH3 is 1. The van der Waals surface area contributed by atoms with Crippen molar-refractivity contribution in [3.63, 3.8) is 0 Å². The number of nitrogens with zero attached hydrogens (tertiary/aromatic N) is 1. The van der Waals surface area contributed by atoms with Gasteiger partial charge in [-0.1, -0.05) is 51.3 Å². The summed E-state index contributed by atoms with van der Waals surface area (Å²) < 4.78 is 47.1. The van der Waals surface area contributed by atoms with E-state index in [1.165, 1.54) is 24.3 Å². The lowest BCUT2D eigenvalue weighted by Crippen LogP contribution is -2.63. The Balaban J connectivity index is 1.81. The van der Waals surface area contributed by atoms with Gasteiger partial charge in [-0.2, -0.15) is 13.2 Å². The van der Waals surface area contributed by atoms with Crippen LogP contribution in [0.15, 0.2) is 46.9 Å². The first-order valence-corrected chi connectivity index (χ1v) is 11.9. The molecular formula is C24H19BrCl2F3NO3. The van der Waals surface area contributed by atoms with Crippen molar-refractivity contribution in [2.24, 2.45) is 0 Å². The third-order valence-corrected chi connectivity index (χ3v) is 8.16. The first-order valence-electron chi connectivity index (χ1n) is 10.4. The highest BCUT2D eigenvalue weighted by Crippen LogP contribution is 2.57. The van der Waals surface area contributed by atoms with Gasteiger partial charge in [-0.05, 0) is 73.2 Å². The summed E-state index contributed by atoms with van der Waals surface area (Å²) in [5, 5.41) is 0.701. The molecule has 0 heterocycles. The molecule has 0 radical (unpaired) electrons. The van der Waals surface area contributed by atoms with Crippen LogP contribution in [0.5, 0.6) is 0 Å². The number of alkyl halides is 3. The standard InChI is InChI=1S/C24H19BrCl2F3NO3/c1-34-21(33)23(31(20(32)24(28,29)30)17-4-2-3-15(26)13-17)9-7-22(8-10-23)18-6-5-16(27)11-14(18)12-19(22)25/h2-6,11-13H,7-10H2,1H3.